The summed E-state index contributed by atoms with van der Waals surface area (Å²) in [6, 6.07) is 17.1. The molecule has 0 aliphatic rings. The van der Waals surface area contributed by atoms with Gasteiger partial charge in [0.05, 0.1) is 0 Å². The summed E-state index contributed by atoms with van der Waals surface area (Å²) in [7, 11) is 0. The van der Waals surface area contributed by atoms with Crippen molar-refractivity contribution in [1.29, 1.82) is 0 Å². The number of benzene rings is 2. The third-order valence-corrected chi connectivity index (χ3v) is 4.14. The standard InChI is InChI=1S/C22H23N3O3/c1-4-13-25(22(26)17(3)27-19-11-6-5-7-12-19)15-20-23-21(24-28-20)18-10-8-9-16(2)14-18/h4-12,14,17H,1,13,15H2,2-3H3/t17-/m0/s1. The van der Waals surface area contributed by atoms with Crippen molar-refractivity contribution in [2.24, 2.45) is 0 Å². The van der Waals surface area contributed by atoms with Crippen molar-refractivity contribution in [1.82, 2.24) is 15.0 Å². The number of para-hydroxylation sites is 1. The van der Waals surface area contributed by atoms with Crippen molar-refractivity contribution >= 4 is 5.91 Å². The molecule has 0 bridgehead atoms. The van der Waals surface area contributed by atoms with Gasteiger partial charge in [0.15, 0.2) is 6.10 Å². The Bertz CT molecular complexity index is 937. The molecule has 3 rings (SSSR count). The molecule has 1 atom stereocenters. The van der Waals surface area contributed by atoms with E-state index >= 15 is 0 Å². The molecule has 0 unspecified atom stereocenters. The van der Waals surface area contributed by atoms with Crippen LogP contribution < -0.4 is 4.74 Å². The Morgan fingerprint density at radius 3 is 2.75 bits per heavy atom. The predicted molar refractivity (Wildman–Crippen MR) is 107 cm³/mol. The van der Waals surface area contributed by atoms with E-state index in [0.29, 0.717) is 24.0 Å². The van der Waals surface area contributed by atoms with E-state index in [9.17, 15) is 4.79 Å². The summed E-state index contributed by atoms with van der Waals surface area (Å²) in [6.45, 7) is 7.99. The summed E-state index contributed by atoms with van der Waals surface area (Å²) in [5, 5.41) is 4.03. The molecule has 0 spiro atoms. The Morgan fingerprint density at radius 2 is 2.04 bits per heavy atom. The fraction of sp³-hybridized carbons (Fsp3) is 0.227. The summed E-state index contributed by atoms with van der Waals surface area (Å²) < 4.78 is 11.1. The van der Waals surface area contributed by atoms with Crippen LogP contribution in [-0.2, 0) is 11.3 Å². The third kappa shape index (κ3) is 4.85. The lowest BCUT2D eigenvalue weighted by Gasteiger charge is -2.23. The van der Waals surface area contributed by atoms with Gasteiger partial charge in [-0.05, 0) is 32.0 Å². The van der Waals surface area contributed by atoms with Gasteiger partial charge in [0, 0.05) is 12.1 Å². The van der Waals surface area contributed by atoms with Crippen LogP contribution in [0.2, 0.25) is 0 Å². The predicted octanol–water partition coefficient (Wildman–Crippen LogP) is 4.03. The molecule has 3 aromatic rings. The van der Waals surface area contributed by atoms with E-state index in [1.165, 1.54) is 0 Å². The van der Waals surface area contributed by atoms with Crippen molar-refractivity contribution in [3.05, 3.63) is 78.7 Å². The van der Waals surface area contributed by atoms with Crippen molar-refractivity contribution in [3.8, 4) is 17.1 Å². The van der Waals surface area contributed by atoms with Crippen LogP contribution in [0.5, 0.6) is 5.75 Å². The maximum absolute atomic E-state index is 12.8. The normalized spacial score (nSPS) is 11.6. The number of ether oxygens (including phenoxy) is 1. The molecule has 0 aliphatic carbocycles. The second-order valence-corrected chi connectivity index (χ2v) is 6.46. The SMILES string of the molecule is C=CCN(Cc1nc(-c2cccc(C)c2)no1)C(=O)[C@H](C)Oc1ccccc1. The fourth-order valence-corrected chi connectivity index (χ4v) is 2.78. The van der Waals surface area contributed by atoms with E-state index in [1.807, 2.05) is 61.5 Å². The van der Waals surface area contributed by atoms with Gasteiger partial charge < -0.3 is 14.2 Å². The van der Waals surface area contributed by atoms with Crippen LogP contribution in [0.3, 0.4) is 0 Å². The van der Waals surface area contributed by atoms with Crippen molar-refractivity contribution in [2.45, 2.75) is 26.5 Å². The number of amides is 1. The smallest absolute Gasteiger partial charge is 0.264 e. The maximum atomic E-state index is 12.8. The molecule has 144 valence electrons. The maximum Gasteiger partial charge on any atom is 0.264 e. The second-order valence-electron chi connectivity index (χ2n) is 6.46. The molecule has 1 heterocycles. The van der Waals surface area contributed by atoms with Crippen molar-refractivity contribution < 1.29 is 14.1 Å². The van der Waals surface area contributed by atoms with E-state index < -0.39 is 6.10 Å². The minimum absolute atomic E-state index is 0.181. The minimum atomic E-state index is -0.651. The first-order valence-corrected chi connectivity index (χ1v) is 9.08. The van der Waals surface area contributed by atoms with E-state index in [0.717, 1.165) is 11.1 Å². The molecular formula is C22H23N3O3. The highest BCUT2D eigenvalue weighted by atomic mass is 16.5. The molecular weight excluding hydrogens is 354 g/mol. The second kappa shape index (κ2) is 8.99. The number of aryl methyl sites for hydroxylation is 1. The van der Waals surface area contributed by atoms with Gasteiger partial charge in [-0.15, -0.1) is 6.58 Å². The van der Waals surface area contributed by atoms with Gasteiger partial charge in [-0.2, -0.15) is 4.98 Å². The highest BCUT2D eigenvalue weighted by Gasteiger charge is 2.23. The summed E-state index contributed by atoms with van der Waals surface area (Å²) >= 11 is 0. The van der Waals surface area contributed by atoms with Crippen LogP contribution in [0.15, 0.2) is 71.8 Å². The minimum Gasteiger partial charge on any atom is -0.481 e. The average molecular weight is 377 g/mol. The average Bonchev–Trinajstić information content (AvgIpc) is 3.16. The first-order chi connectivity index (χ1) is 13.6. The zero-order chi connectivity index (χ0) is 19.9. The third-order valence-electron chi connectivity index (χ3n) is 4.14. The lowest BCUT2D eigenvalue weighted by molar-refractivity contribution is -0.138. The van der Waals surface area contributed by atoms with E-state index in [4.69, 9.17) is 9.26 Å². The number of rotatable bonds is 8. The van der Waals surface area contributed by atoms with Gasteiger partial charge in [-0.1, -0.05) is 53.2 Å². The molecule has 6 heteroatoms. The van der Waals surface area contributed by atoms with E-state index in [2.05, 4.69) is 16.7 Å². The van der Waals surface area contributed by atoms with Crippen LogP contribution in [-0.4, -0.2) is 33.6 Å². The Morgan fingerprint density at radius 1 is 1.25 bits per heavy atom. The van der Waals surface area contributed by atoms with Gasteiger partial charge in [0.1, 0.15) is 12.3 Å². The van der Waals surface area contributed by atoms with Crippen molar-refractivity contribution in [2.75, 3.05) is 6.54 Å². The van der Waals surface area contributed by atoms with E-state index in [-0.39, 0.29) is 12.5 Å². The number of hydrogen-bond acceptors (Lipinski definition) is 5. The van der Waals surface area contributed by atoms with Crippen LogP contribution >= 0.6 is 0 Å². The fourth-order valence-electron chi connectivity index (χ4n) is 2.78. The Labute approximate surface area is 164 Å². The lowest BCUT2D eigenvalue weighted by Crippen LogP contribution is -2.40. The zero-order valence-corrected chi connectivity index (χ0v) is 16.0. The number of hydrogen-bond donors (Lipinski definition) is 0. The monoisotopic (exact) mass is 377 g/mol. The van der Waals surface area contributed by atoms with Gasteiger partial charge in [-0.25, -0.2) is 0 Å². The van der Waals surface area contributed by atoms with Crippen LogP contribution in [0.1, 0.15) is 18.4 Å². The molecule has 0 fully saturated rings. The largest absolute Gasteiger partial charge is 0.481 e. The van der Waals surface area contributed by atoms with Crippen LogP contribution in [0.25, 0.3) is 11.4 Å². The molecule has 0 radical (unpaired) electrons. The Kier molecular flexibility index (Phi) is 6.22. The van der Waals surface area contributed by atoms with Gasteiger partial charge in [-0.3, -0.25) is 4.79 Å². The summed E-state index contributed by atoms with van der Waals surface area (Å²) in [6.07, 6.45) is 1.01. The molecule has 6 nitrogen and oxygen atoms in total. The first-order valence-electron chi connectivity index (χ1n) is 9.08. The van der Waals surface area contributed by atoms with Crippen LogP contribution in [0.4, 0.5) is 0 Å². The summed E-state index contributed by atoms with van der Waals surface area (Å²) in [5.41, 5.74) is 1.98. The van der Waals surface area contributed by atoms with Gasteiger partial charge in [0.2, 0.25) is 11.7 Å². The Hall–Kier alpha value is -3.41. The van der Waals surface area contributed by atoms with E-state index in [1.54, 1.807) is 17.9 Å². The van der Waals surface area contributed by atoms with Gasteiger partial charge >= 0.3 is 0 Å². The molecule has 1 aromatic heterocycles. The zero-order valence-electron chi connectivity index (χ0n) is 16.0. The molecule has 0 saturated carbocycles. The Balaban J connectivity index is 1.70. The molecule has 1 amide bonds. The topological polar surface area (TPSA) is 68.5 Å². The highest BCUT2D eigenvalue weighted by Crippen LogP contribution is 2.18. The van der Waals surface area contributed by atoms with Crippen molar-refractivity contribution in [3.63, 3.8) is 0 Å². The number of aromatic nitrogens is 2. The van der Waals surface area contributed by atoms with Crippen LogP contribution in [0, 0.1) is 6.92 Å². The molecule has 0 aliphatic heterocycles. The highest BCUT2D eigenvalue weighted by molar-refractivity contribution is 5.81. The summed E-state index contributed by atoms with van der Waals surface area (Å²) in [5.74, 6) is 1.32. The number of nitrogens with zero attached hydrogens (tertiary/aromatic N) is 3. The summed E-state index contributed by atoms with van der Waals surface area (Å²) in [4.78, 5) is 18.8. The molecule has 2 aromatic carbocycles. The molecule has 0 saturated heterocycles. The first kappa shape index (κ1) is 19.4. The quantitative estimate of drug-likeness (QED) is 0.555. The van der Waals surface area contributed by atoms with Gasteiger partial charge in [0.25, 0.3) is 5.91 Å². The molecule has 0 N–H and O–H groups in total. The molecule has 28 heavy (non-hydrogen) atoms. The number of carbonyl (C=O) groups is 1. The lowest BCUT2D eigenvalue weighted by atomic mass is 10.1. The number of carbonyl (C=O) groups excluding carboxylic acids is 1.